The summed E-state index contributed by atoms with van der Waals surface area (Å²) in [6.07, 6.45) is 3.34. The highest BCUT2D eigenvalue weighted by Gasteiger charge is 2.11. The fourth-order valence-electron chi connectivity index (χ4n) is 2.01. The van der Waals surface area contributed by atoms with E-state index in [0.29, 0.717) is 22.1 Å². The average Bonchev–Trinajstić information content (AvgIpc) is 3.03. The topological polar surface area (TPSA) is 84.0 Å². The van der Waals surface area contributed by atoms with Gasteiger partial charge in [-0.15, -0.1) is 11.3 Å². The van der Waals surface area contributed by atoms with E-state index >= 15 is 0 Å². The van der Waals surface area contributed by atoms with Crippen molar-refractivity contribution in [2.75, 3.05) is 10.6 Å². The minimum atomic E-state index is -0.226. The molecule has 3 rings (SSSR count). The first-order chi connectivity index (χ1) is 11.7. The van der Waals surface area contributed by atoms with E-state index in [9.17, 15) is 9.59 Å². The Morgan fingerprint density at radius 3 is 2.62 bits per heavy atom. The predicted octanol–water partition coefficient (Wildman–Crippen LogP) is 2.97. The maximum atomic E-state index is 12.1. The minimum absolute atomic E-state index is 0.132. The summed E-state index contributed by atoms with van der Waals surface area (Å²) in [4.78, 5) is 32.2. The third-order valence-corrected chi connectivity index (χ3v) is 3.90. The highest BCUT2D eigenvalue weighted by atomic mass is 32.1. The maximum absolute atomic E-state index is 12.1. The van der Waals surface area contributed by atoms with Crippen LogP contribution >= 0.6 is 11.3 Å². The molecular formula is C17H14N4O2S. The quantitative estimate of drug-likeness (QED) is 0.749. The van der Waals surface area contributed by atoms with Gasteiger partial charge in [0.05, 0.1) is 24.0 Å². The molecule has 0 atom stereocenters. The molecular weight excluding hydrogens is 324 g/mol. The van der Waals surface area contributed by atoms with E-state index < -0.39 is 0 Å². The highest BCUT2D eigenvalue weighted by Crippen LogP contribution is 2.17. The second-order valence-corrected chi connectivity index (χ2v) is 5.79. The molecule has 1 aromatic carbocycles. The molecule has 0 saturated carbocycles. The number of hydrogen-bond donors (Lipinski definition) is 2. The van der Waals surface area contributed by atoms with Crippen LogP contribution in [0, 0.1) is 0 Å². The lowest BCUT2D eigenvalue weighted by Gasteiger charge is -2.03. The summed E-state index contributed by atoms with van der Waals surface area (Å²) in [6.45, 7) is 0. The van der Waals surface area contributed by atoms with Gasteiger partial charge < -0.3 is 5.32 Å². The molecule has 0 fully saturated rings. The molecule has 24 heavy (non-hydrogen) atoms. The number of anilines is 2. The summed E-state index contributed by atoms with van der Waals surface area (Å²) in [5.41, 5.74) is 1.80. The number of nitrogens with zero attached hydrogens (tertiary/aromatic N) is 2. The number of thiazole rings is 1. The average molecular weight is 338 g/mol. The van der Waals surface area contributed by atoms with Crippen molar-refractivity contribution in [1.29, 1.82) is 0 Å². The first kappa shape index (κ1) is 15.8. The van der Waals surface area contributed by atoms with Crippen LogP contribution in [0.15, 0.2) is 60.2 Å². The molecule has 0 unspecified atom stereocenters. The second kappa shape index (κ2) is 7.47. The van der Waals surface area contributed by atoms with E-state index in [2.05, 4.69) is 20.6 Å². The van der Waals surface area contributed by atoms with E-state index in [1.54, 1.807) is 54.2 Å². The molecule has 0 bridgehead atoms. The molecule has 0 aliphatic carbocycles. The van der Waals surface area contributed by atoms with E-state index in [0.717, 1.165) is 0 Å². The van der Waals surface area contributed by atoms with E-state index in [1.165, 1.54) is 11.3 Å². The third-order valence-electron chi connectivity index (χ3n) is 3.10. The summed E-state index contributed by atoms with van der Waals surface area (Å²) < 4.78 is 0. The number of carbonyl (C=O) groups excluding carboxylic acids is 2. The van der Waals surface area contributed by atoms with Gasteiger partial charge in [0.1, 0.15) is 0 Å². The molecule has 0 spiro atoms. The molecule has 0 aliphatic rings. The van der Waals surface area contributed by atoms with E-state index in [1.807, 2.05) is 6.07 Å². The predicted molar refractivity (Wildman–Crippen MR) is 93.1 cm³/mol. The van der Waals surface area contributed by atoms with Crippen molar-refractivity contribution >= 4 is 34.0 Å². The Kier molecular flexibility index (Phi) is 4.93. The molecule has 0 aliphatic heterocycles. The van der Waals surface area contributed by atoms with Crippen LogP contribution < -0.4 is 10.6 Å². The Hall–Kier alpha value is -3.06. The summed E-state index contributed by atoms with van der Waals surface area (Å²) >= 11 is 1.29. The molecule has 120 valence electrons. The molecule has 2 amide bonds. The molecule has 2 heterocycles. The van der Waals surface area contributed by atoms with E-state index in [-0.39, 0.29) is 18.2 Å². The Balaban J connectivity index is 1.57. The Morgan fingerprint density at radius 2 is 1.88 bits per heavy atom. The van der Waals surface area contributed by atoms with Crippen LogP contribution in [0.2, 0.25) is 0 Å². The monoisotopic (exact) mass is 338 g/mol. The van der Waals surface area contributed by atoms with Crippen LogP contribution in [0.1, 0.15) is 16.1 Å². The molecule has 2 aromatic heterocycles. The van der Waals surface area contributed by atoms with Crippen molar-refractivity contribution in [3.63, 3.8) is 0 Å². The lowest BCUT2D eigenvalue weighted by Crippen LogP contribution is -2.15. The number of pyridine rings is 1. The Morgan fingerprint density at radius 1 is 1.04 bits per heavy atom. The van der Waals surface area contributed by atoms with Crippen molar-refractivity contribution in [1.82, 2.24) is 9.97 Å². The number of hydrogen-bond acceptors (Lipinski definition) is 5. The van der Waals surface area contributed by atoms with Crippen molar-refractivity contribution in [3.05, 3.63) is 71.5 Å². The summed E-state index contributed by atoms with van der Waals surface area (Å²) in [5.74, 6) is -0.412. The number of rotatable bonds is 5. The zero-order valence-corrected chi connectivity index (χ0v) is 13.4. The van der Waals surface area contributed by atoms with Gasteiger partial charge in [-0.1, -0.05) is 18.2 Å². The summed E-state index contributed by atoms with van der Waals surface area (Å²) in [7, 11) is 0. The zero-order valence-electron chi connectivity index (χ0n) is 12.6. The fourth-order valence-corrected chi connectivity index (χ4v) is 2.72. The van der Waals surface area contributed by atoms with E-state index in [4.69, 9.17) is 0 Å². The normalized spacial score (nSPS) is 10.2. The smallest absolute Gasteiger partial charge is 0.257 e. The van der Waals surface area contributed by atoms with Gasteiger partial charge >= 0.3 is 0 Å². The molecule has 7 heteroatoms. The van der Waals surface area contributed by atoms with Gasteiger partial charge in [-0.3, -0.25) is 19.9 Å². The highest BCUT2D eigenvalue weighted by molar-refractivity contribution is 7.14. The van der Waals surface area contributed by atoms with Gasteiger partial charge in [0, 0.05) is 17.1 Å². The lowest BCUT2D eigenvalue weighted by atomic mass is 10.2. The zero-order chi connectivity index (χ0) is 16.8. The number of aromatic nitrogens is 2. The molecule has 2 N–H and O–H groups in total. The van der Waals surface area contributed by atoms with Crippen LogP contribution in [0.3, 0.4) is 0 Å². The third kappa shape index (κ3) is 4.23. The lowest BCUT2D eigenvalue weighted by molar-refractivity contribution is -0.115. The SMILES string of the molecule is O=C(Cc1csc(NC(=O)c2ccccc2)n1)Nc1cccnc1. The van der Waals surface area contributed by atoms with Crippen LogP contribution in [0.4, 0.5) is 10.8 Å². The van der Waals surface area contributed by atoms with Crippen LogP contribution in [0.5, 0.6) is 0 Å². The number of amides is 2. The minimum Gasteiger partial charge on any atom is -0.324 e. The fraction of sp³-hybridized carbons (Fsp3) is 0.0588. The van der Waals surface area contributed by atoms with Gasteiger partial charge in [0.15, 0.2) is 5.13 Å². The molecule has 6 nitrogen and oxygen atoms in total. The summed E-state index contributed by atoms with van der Waals surface area (Å²) in [5, 5.41) is 7.69. The maximum Gasteiger partial charge on any atom is 0.257 e. The Bertz CT molecular complexity index is 834. The number of benzene rings is 1. The van der Waals surface area contributed by atoms with Crippen LogP contribution in [-0.2, 0) is 11.2 Å². The first-order valence-electron chi connectivity index (χ1n) is 7.21. The molecule has 0 saturated heterocycles. The number of carbonyl (C=O) groups is 2. The molecule has 0 radical (unpaired) electrons. The van der Waals surface area contributed by atoms with Crippen molar-refractivity contribution in [3.8, 4) is 0 Å². The van der Waals surface area contributed by atoms with Crippen molar-refractivity contribution in [2.24, 2.45) is 0 Å². The largest absolute Gasteiger partial charge is 0.324 e. The van der Waals surface area contributed by atoms with Crippen molar-refractivity contribution < 1.29 is 9.59 Å². The van der Waals surface area contributed by atoms with Gasteiger partial charge in [0.25, 0.3) is 5.91 Å². The van der Waals surface area contributed by atoms with Gasteiger partial charge in [0.2, 0.25) is 5.91 Å². The number of nitrogens with one attached hydrogen (secondary N) is 2. The van der Waals surface area contributed by atoms with Crippen LogP contribution in [-0.4, -0.2) is 21.8 Å². The summed E-state index contributed by atoms with van der Waals surface area (Å²) in [6, 6.07) is 12.4. The standard InChI is InChI=1S/C17H14N4O2S/c22-15(19-13-7-4-8-18-10-13)9-14-11-24-17(20-14)21-16(23)12-5-2-1-3-6-12/h1-8,10-11H,9H2,(H,19,22)(H,20,21,23). The van der Waals surface area contributed by atoms with Gasteiger partial charge in [-0.2, -0.15) is 0 Å². The second-order valence-electron chi connectivity index (χ2n) is 4.93. The van der Waals surface area contributed by atoms with Gasteiger partial charge in [-0.25, -0.2) is 4.98 Å². The van der Waals surface area contributed by atoms with Gasteiger partial charge in [-0.05, 0) is 24.3 Å². The molecule has 3 aromatic rings. The van der Waals surface area contributed by atoms with Crippen LogP contribution in [0.25, 0.3) is 0 Å². The Labute approximate surface area is 142 Å². The first-order valence-corrected chi connectivity index (χ1v) is 8.09. The van der Waals surface area contributed by atoms with Crippen molar-refractivity contribution in [2.45, 2.75) is 6.42 Å².